The van der Waals surface area contributed by atoms with Gasteiger partial charge in [0.1, 0.15) is 5.75 Å². The van der Waals surface area contributed by atoms with Gasteiger partial charge in [0.05, 0.1) is 0 Å². The van der Waals surface area contributed by atoms with Gasteiger partial charge in [-0.05, 0) is 53.8 Å². The number of aryl methyl sites for hydroxylation is 1. The minimum Gasteiger partial charge on any atom is -0.484 e. The molecule has 3 aromatic rings. The highest BCUT2D eigenvalue weighted by Gasteiger charge is 2.15. The standard InChI is InChI=1S/C26H26BrNO3/c1-17-14-22(12-13-23(17)27)31-16-24(29)28-21-7-5-6-19(15-21)25(30)18-8-10-20(11-9-18)26(2,3)4/h5-15H,16H2,1-4H3,(H,28,29). The van der Waals surface area contributed by atoms with Gasteiger partial charge in [-0.3, -0.25) is 9.59 Å². The first-order valence-electron chi connectivity index (χ1n) is 10.1. The maximum absolute atomic E-state index is 12.9. The third-order valence-electron chi connectivity index (χ3n) is 4.92. The summed E-state index contributed by atoms with van der Waals surface area (Å²) in [7, 11) is 0. The number of carbonyl (C=O) groups is 2. The second-order valence-electron chi connectivity index (χ2n) is 8.49. The van der Waals surface area contributed by atoms with E-state index in [0.717, 1.165) is 10.0 Å². The lowest BCUT2D eigenvalue weighted by molar-refractivity contribution is -0.118. The fourth-order valence-electron chi connectivity index (χ4n) is 3.08. The average molecular weight is 480 g/mol. The zero-order valence-electron chi connectivity index (χ0n) is 18.2. The minimum absolute atomic E-state index is 0.0305. The van der Waals surface area contributed by atoms with E-state index in [2.05, 4.69) is 42.0 Å². The molecule has 0 radical (unpaired) electrons. The zero-order chi connectivity index (χ0) is 22.6. The van der Waals surface area contributed by atoms with Crippen LogP contribution in [0.2, 0.25) is 0 Å². The molecule has 0 unspecified atom stereocenters. The van der Waals surface area contributed by atoms with Gasteiger partial charge < -0.3 is 10.1 Å². The second-order valence-corrected chi connectivity index (χ2v) is 9.34. The van der Waals surface area contributed by atoms with E-state index in [1.54, 1.807) is 30.3 Å². The van der Waals surface area contributed by atoms with Crippen molar-refractivity contribution in [3.63, 3.8) is 0 Å². The number of hydrogen-bond acceptors (Lipinski definition) is 3. The van der Waals surface area contributed by atoms with Crippen LogP contribution in [0.3, 0.4) is 0 Å². The van der Waals surface area contributed by atoms with E-state index < -0.39 is 0 Å². The molecule has 0 saturated heterocycles. The van der Waals surface area contributed by atoms with Crippen molar-refractivity contribution in [1.82, 2.24) is 0 Å². The Kier molecular flexibility index (Phi) is 6.96. The van der Waals surface area contributed by atoms with Crippen molar-refractivity contribution in [3.8, 4) is 5.75 Å². The molecule has 0 spiro atoms. The number of amides is 1. The zero-order valence-corrected chi connectivity index (χ0v) is 19.7. The lowest BCUT2D eigenvalue weighted by Crippen LogP contribution is -2.20. The number of carbonyl (C=O) groups excluding carboxylic acids is 2. The van der Waals surface area contributed by atoms with Gasteiger partial charge in [-0.25, -0.2) is 0 Å². The van der Waals surface area contributed by atoms with E-state index in [9.17, 15) is 9.59 Å². The van der Waals surface area contributed by atoms with Crippen molar-refractivity contribution in [3.05, 3.63) is 93.5 Å². The highest BCUT2D eigenvalue weighted by molar-refractivity contribution is 9.10. The monoisotopic (exact) mass is 479 g/mol. The molecular weight excluding hydrogens is 454 g/mol. The van der Waals surface area contributed by atoms with E-state index in [1.165, 1.54) is 5.56 Å². The molecule has 0 aliphatic heterocycles. The topological polar surface area (TPSA) is 55.4 Å². The molecule has 0 heterocycles. The predicted molar refractivity (Wildman–Crippen MR) is 128 cm³/mol. The number of hydrogen-bond donors (Lipinski definition) is 1. The quantitative estimate of drug-likeness (QED) is 0.421. The summed E-state index contributed by atoms with van der Waals surface area (Å²) < 4.78 is 6.55. The van der Waals surface area contributed by atoms with Gasteiger partial charge >= 0.3 is 0 Å². The average Bonchev–Trinajstić information content (AvgIpc) is 2.74. The van der Waals surface area contributed by atoms with Crippen LogP contribution in [0, 0.1) is 6.92 Å². The van der Waals surface area contributed by atoms with Crippen LogP contribution in [0.5, 0.6) is 5.75 Å². The van der Waals surface area contributed by atoms with E-state index in [4.69, 9.17) is 4.74 Å². The SMILES string of the molecule is Cc1cc(OCC(=O)Nc2cccc(C(=O)c3ccc(C(C)(C)C)cc3)c2)ccc1Br. The Morgan fingerprint density at radius 1 is 0.935 bits per heavy atom. The molecule has 0 aliphatic rings. The first kappa shape index (κ1) is 22.8. The summed E-state index contributed by atoms with van der Waals surface area (Å²) in [5.41, 5.74) is 3.92. The minimum atomic E-state index is -0.292. The number of ether oxygens (including phenoxy) is 1. The van der Waals surface area contributed by atoms with Crippen molar-refractivity contribution < 1.29 is 14.3 Å². The molecule has 31 heavy (non-hydrogen) atoms. The van der Waals surface area contributed by atoms with Gasteiger partial charge in [-0.2, -0.15) is 0 Å². The molecule has 0 aromatic heterocycles. The molecule has 0 bridgehead atoms. The fourth-order valence-corrected chi connectivity index (χ4v) is 3.33. The van der Waals surface area contributed by atoms with Gasteiger partial charge in [-0.1, -0.05) is 73.1 Å². The van der Waals surface area contributed by atoms with Gasteiger partial charge in [0.15, 0.2) is 12.4 Å². The number of halogens is 1. The Hall–Kier alpha value is -2.92. The Balaban J connectivity index is 1.64. The first-order chi connectivity index (χ1) is 14.6. The summed E-state index contributed by atoms with van der Waals surface area (Å²) in [5, 5.41) is 2.79. The molecule has 0 fully saturated rings. The van der Waals surface area contributed by atoms with Crippen molar-refractivity contribution in [2.75, 3.05) is 11.9 Å². The third kappa shape index (κ3) is 6.05. The smallest absolute Gasteiger partial charge is 0.262 e. The van der Waals surface area contributed by atoms with Crippen molar-refractivity contribution in [1.29, 1.82) is 0 Å². The summed E-state index contributed by atoms with van der Waals surface area (Å²) in [6, 6.07) is 20.2. The van der Waals surface area contributed by atoms with E-state index in [1.807, 2.05) is 43.3 Å². The summed E-state index contributed by atoms with van der Waals surface area (Å²) >= 11 is 3.44. The number of nitrogens with one attached hydrogen (secondary N) is 1. The summed E-state index contributed by atoms with van der Waals surface area (Å²) in [6.07, 6.45) is 0. The van der Waals surface area contributed by atoms with Crippen molar-refractivity contribution in [2.24, 2.45) is 0 Å². The normalized spacial score (nSPS) is 11.1. The maximum Gasteiger partial charge on any atom is 0.262 e. The van der Waals surface area contributed by atoms with Crippen LogP contribution in [0.4, 0.5) is 5.69 Å². The molecule has 3 rings (SSSR count). The predicted octanol–water partition coefficient (Wildman–Crippen LogP) is 6.30. The molecule has 0 saturated carbocycles. The highest BCUT2D eigenvalue weighted by atomic mass is 79.9. The number of rotatable bonds is 6. The van der Waals surface area contributed by atoms with E-state index in [-0.39, 0.29) is 23.7 Å². The Morgan fingerprint density at radius 2 is 1.65 bits per heavy atom. The Bertz CT molecular complexity index is 1100. The lowest BCUT2D eigenvalue weighted by Gasteiger charge is -2.19. The van der Waals surface area contributed by atoms with Crippen LogP contribution in [0.1, 0.15) is 47.8 Å². The van der Waals surface area contributed by atoms with E-state index >= 15 is 0 Å². The molecule has 0 aliphatic carbocycles. The van der Waals surface area contributed by atoms with Gasteiger partial charge in [0, 0.05) is 21.3 Å². The largest absolute Gasteiger partial charge is 0.484 e. The lowest BCUT2D eigenvalue weighted by atomic mass is 9.86. The molecule has 1 N–H and O–H groups in total. The number of ketones is 1. The third-order valence-corrected chi connectivity index (χ3v) is 5.81. The molecule has 0 atom stereocenters. The first-order valence-corrected chi connectivity index (χ1v) is 10.9. The van der Waals surface area contributed by atoms with Gasteiger partial charge in [-0.15, -0.1) is 0 Å². The number of benzene rings is 3. The second kappa shape index (κ2) is 9.48. The van der Waals surface area contributed by atoms with E-state index in [0.29, 0.717) is 22.6 Å². The molecule has 4 nitrogen and oxygen atoms in total. The van der Waals surface area contributed by atoms with Gasteiger partial charge in [0.25, 0.3) is 5.91 Å². The molecule has 160 valence electrons. The molecular formula is C26H26BrNO3. The Labute approximate surface area is 191 Å². The van der Waals surface area contributed by atoms with Crippen LogP contribution in [-0.2, 0) is 10.2 Å². The van der Waals surface area contributed by atoms with Crippen LogP contribution in [0.25, 0.3) is 0 Å². The highest BCUT2D eigenvalue weighted by Crippen LogP contribution is 2.24. The van der Waals surface area contributed by atoms with Crippen LogP contribution >= 0.6 is 15.9 Å². The fraction of sp³-hybridized carbons (Fsp3) is 0.231. The molecule has 5 heteroatoms. The van der Waals surface area contributed by atoms with Crippen LogP contribution < -0.4 is 10.1 Å². The summed E-state index contributed by atoms with van der Waals surface area (Å²) in [4.78, 5) is 25.2. The Morgan fingerprint density at radius 3 is 2.29 bits per heavy atom. The van der Waals surface area contributed by atoms with Crippen molar-refractivity contribution >= 4 is 33.3 Å². The van der Waals surface area contributed by atoms with Crippen LogP contribution in [0.15, 0.2) is 71.2 Å². The maximum atomic E-state index is 12.9. The van der Waals surface area contributed by atoms with Crippen LogP contribution in [-0.4, -0.2) is 18.3 Å². The summed E-state index contributed by atoms with van der Waals surface area (Å²) in [5.74, 6) is 0.247. The van der Waals surface area contributed by atoms with Crippen molar-refractivity contribution in [2.45, 2.75) is 33.1 Å². The summed E-state index contributed by atoms with van der Waals surface area (Å²) in [6.45, 7) is 8.25. The van der Waals surface area contributed by atoms with Gasteiger partial charge in [0.2, 0.25) is 0 Å². The number of anilines is 1. The molecule has 3 aromatic carbocycles. The molecule has 1 amide bonds.